The van der Waals surface area contributed by atoms with Gasteiger partial charge in [-0.25, -0.2) is 18.0 Å². The number of esters is 1. The average molecular weight is 357 g/mol. The Balaban J connectivity index is 2.01. The fourth-order valence-electron chi connectivity index (χ4n) is 1.75. The van der Waals surface area contributed by atoms with Gasteiger partial charge in [-0.3, -0.25) is 4.79 Å². The smallest absolute Gasteiger partial charge is 0.338 e. The number of hydrogen-bond donors (Lipinski definition) is 4. The van der Waals surface area contributed by atoms with Crippen molar-refractivity contribution in [2.45, 2.75) is 0 Å². The molecule has 132 valence electrons. The van der Waals surface area contributed by atoms with Crippen LogP contribution < -0.4 is 5.32 Å². The Kier molecular flexibility index (Phi) is 5.01. The number of rotatable bonds is 4. The molecule has 0 saturated carbocycles. The molecule has 0 bridgehead atoms. The highest BCUT2D eigenvalue weighted by Gasteiger charge is 2.18. The number of aromatic hydroxyl groups is 3. The highest BCUT2D eigenvalue weighted by molar-refractivity contribution is 5.96. The number of nitrogens with one attached hydrogen (secondary N) is 1. The van der Waals surface area contributed by atoms with Gasteiger partial charge in [0.25, 0.3) is 5.91 Å². The van der Waals surface area contributed by atoms with E-state index in [-0.39, 0.29) is 5.56 Å². The van der Waals surface area contributed by atoms with E-state index < -0.39 is 58.9 Å². The predicted octanol–water partition coefficient (Wildman–Crippen LogP) is 2.02. The van der Waals surface area contributed by atoms with E-state index in [1.54, 1.807) is 0 Å². The third-order valence-corrected chi connectivity index (χ3v) is 2.95. The van der Waals surface area contributed by atoms with Crippen LogP contribution in [-0.4, -0.2) is 33.8 Å². The molecule has 0 aliphatic carbocycles. The third-order valence-electron chi connectivity index (χ3n) is 2.95. The van der Waals surface area contributed by atoms with E-state index in [0.717, 1.165) is 18.2 Å². The van der Waals surface area contributed by atoms with Crippen molar-refractivity contribution in [1.82, 2.24) is 0 Å². The molecule has 0 fully saturated rings. The first-order valence-corrected chi connectivity index (χ1v) is 6.56. The van der Waals surface area contributed by atoms with Crippen molar-refractivity contribution in [3.63, 3.8) is 0 Å². The number of amides is 1. The highest BCUT2D eigenvalue weighted by Crippen LogP contribution is 2.35. The number of ether oxygens (including phenoxy) is 1. The van der Waals surface area contributed by atoms with E-state index in [4.69, 9.17) is 5.11 Å². The molecule has 0 spiro atoms. The summed E-state index contributed by atoms with van der Waals surface area (Å²) in [7, 11) is 0. The minimum atomic E-state index is -1.77. The Morgan fingerprint density at radius 3 is 2.20 bits per heavy atom. The second-order valence-electron chi connectivity index (χ2n) is 4.71. The lowest BCUT2D eigenvalue weighted by atomic mass is 10.2. The molecular weight excluding hydrogens is 347 g/mol. The van der Waals surface area contributed by atoms with Crippen LogP contribution in [0.5, 0.6) is 17.2 Å². The molecule has 0 atom stereocenters. The molecule has 7 nitrogen and oxygen atoms in total. The molecule has 25 heavy (non-hydrogen) atoms. The van der Waals surface area contributed by atoms with Crippen molar-refractivity contribution in [2.24, 2.45) is 0 Å². The molecule has 10 heteroatoms. The molecule has 2 rings (SSSR count). The molecule has 1 amide bonds. The van der Waals surface area contributed by atoms with E-state index in [0.29, 0.717) is 6.07 Å². The lowest BCUT2D eigenvalue weighted by Gasteiger charge is -2.09. The van der Waals surface area contributed by atoms with Gasteiger partial charge in [0.05, 0.1) is 11.3 Å². The molecule has 0 saturated heterocycles. The third kappa shape index (κ3) is 3.91. The van der Waals surface area contributed by atoms with Crippen molar-refractivity contribution in [1.29, 1.82) is 0 Å². The lowest BCUT2D eigenvalue weighted by Crippen LogP contribution is -2.21. The fraction of sp³-hybridized carbons (Fsp3) is 0.0667. The standard InChI is InChI=1S/C15H10F3NO6/c16-7-1-2-8(13(18)12(7)17)19-11(22)5-25-15(24)6-3-9(20)14(23)10(21)4-6/h1-4,20-21,23H,5H2,(H,19,22). The molecule has 2 aromatic carbocycles. The van der Waals surface area contributed by atoms with Crippen LogP contribution in [0.1, 0.15) is 10.4 Å². The van der Waals surface area contributed by atoms with Crippen molar-refractivity contribution >= 4 is 17.6 Å². The minimum Gasteiger partial charge on any atom is -0.504 e. The first kappa shape index (κ1) is 17.9. The average Bonchev–Trinajstić information content (AvgIpc) is 2.57. The number of halogens is 3. The summed E-state index contributed by atoms with van der Waals surface area (Å²) in [4.78, 5) is 23.3. The van der Waals surface area contributed by atoms with Crippen LogP contribution in [0.3, 0.4) is 0 Å². The number of anilines is 1. The second-order valence-corrected chi connectivity index (χ2v) is 4.71. The number of carbonyl (C=O) groups excluding carboxylic acids is 2. The molecule has 4 N–H and O–H groups in total. The van der Waals surface area contributed by atoms with Gasteiger partial charge < -0.3 is 25.4 Å². The summed E-state index contributed by atoms with van der Waals surface area (Å²) in [5.74, 6) is -9.45. The van der Waals surface area contributed by atoms with E-state index in [9.17, 15) is 33.0 Å². The summed E-state index contributed by atoms with van der Waals surface area (Å²) in [5.41, 5.74) is -1.03. The van der Waals surface area contributed by atoms with Crippen LogP contribution in [0, 0.1) is 17.5 Å². The van der Waals surface area contributed by atoms with Gasteiger partial charge in [0.1, 0.15) is 0 Å². The first-order valence-electron chi connectivity index (χ1n) is 6.56. The largest absolute Gasteiger partial charge is 0.504 e. The Morgan fingerprint density at radius 1 is 1.00 bits per heavy atom. The van der Waals surface area contributed by atoms with Crippen molar-refractivity contribution < 1.29 is 42.8 Å². The van der Waals surface area contributed by atoms with Gasteiger partial charge in [0, 0.05) is 0 Å². The van der Waals surface area contributed by atoms with Gasteiger partial charge in [-0.1, -0.05) is 0 Å². The SMILES string of the molecule is O=C(COC(=O)c1cc(O)c(O)c(O)c1)Nc1ccc(F)c(F)c1F. The summed E-state index contributed by atoms with van der Waals surface area (Å²) in [6, 6.07) is 2.94. The van der Waals surface area contributed by atoms with E-state index in [1.807, 2.05) is 5.32 Å². The van der Waals surface area contributed by atoms with Gasteiger partial charge in [-0.2, -0.15) is 0 Å². The zero-order chi connectivity index (χ0) is 18.7. The van der Waals surface area contributed by atoms with Crippen LogP contribution in [0.15, 0.2) is 24.3 Å². The number of phenolic OH excluding ortho intramolecular Hbond substituents is 3. The number of benzene rings is 2. The van der Waals surface area contributed by atoms with Crippen molar-refractivity contribution in [3.8, 4) is 17.2 Å². The summed E-state index contributed by atoms with van der Waals surface area (Å²) in [6.45, 7) is -0.917. The minimum absolute atomic E-state index is 0.375. The molecular formula is C15H10F3NO6. The first-order chi connectivity index (χ1) is 11.7. The summed E-state index contributed by atoms with van der Waals surface area (Å²) >= 11 is 0. The molecule has 0 radical (unpaired) electrons. The zero-order valence-electron chi connectivity index (χ0n) is 12.2. The topological polar surface area (TPSA) is 116 Å². The summed E-state index contributed by atoms with van der Waals surface area (Å²) in [6.07, 6.45) is 0. The Morgan fingerprint density at radius 2 is 1.60 bits per heavy atom. The maximum atomic E-state index is 13.4. The molecule has 0 aromatic heterocycles. The monoisotopic (exact) mass is 357 g/mol. The molecule has 0 heterocycles. The van der Waals surface area contributed by atoms with Gasteiger partial charge in [-0.05, 0) is 24.3 Å². The Hall–Kier alpha value is -3.43. The zero-order valence-corrected chi connectivity index (χ0v) is 12.2. The maximum Gasteiger partial charge on any atom is 0.338 e. The lowest BCUT2D eigenvalue weighted by molar-refractivity contribution is -0.119. The molecule has 0 aliphatic heterocycles. The van der Waals surface area contributed by atoms with Crippen LogP contribution in [0.2, 0.25) is 0 Å². The Labute approximate surface area is 137 Å². The van der Waals surface area contributed by atoms with E-state index in [2.05, 4.69) is 4.74 Å². The van der Waals surface area contributed by atoms with Gasteiger partial charge in [0.15, 0.2) is 41.3 Å². The quantitative estimate of drug-likeness (QED) is 0.378. The van der Waals surface area contributed by atoms with Crippen molar-refractivity contribution in [2.75, 3.05) is 11.9 Å². The highest BCUT2D eigenvalue weighted by atomic mass is 19.2. The van der Waals surface area contributed by atoms with E-state index >= 15 is 0 Å². The normalized spacial score (nSPS) is 10.4. The molecule has 2 aromatic rings. The van der Waals surface area contributed by atoms with Crippen LogP contribution in [0.4, 0.5) is 18.9 Å². The van der Waals surface area contributed by atoms with Gasteiger partial charge >= 0.3 is 5.97 Å². The summed E-state index contributed by atoms with van der Waals surface area (Å²) in [5, 5.41) is 29.6. The maximum absolute atomic E-state index is 13.4. The van der Waals surface area contributed by atoms with Crippen molar-refractivity contribution in [3.05, 3.63) is 47.3 Å². The number of carbonyl (C=O) groups is 2. The van der Waals surface area contributed by atoms with Crippen LogP contribution in [-0.2, 0) is 9.53 Å². The van der Waals surface area contributed by atoms with Crippen LogP contribution in [0.25, 0.3) is 0 Å². The molecule has 0 aliphatic rings. The molecule has 0 unspecified atom stereocenters. The van der Waals surface area contributed by atoms with Gasteiger partial charge in [0.2, 0.25) is 0 Å². The fourth-order valence-corrected chi connectivity index (χ4v) is 1.75. The summed E-state index contributed by atoms with van der Waals surface area (Å²) < 4.78 is 43.8. The van der Waals surface area contributed by atoms with Gasteiger partial charge in [-0.15, -0.1) is 0 Å². The van der Waals surface area contributed by atoms with Crippen LogP contribution >= 0.6 is 0 Å². The second kappa shape index (κ2) is 6.99. The number of hydrogen-bond acceptors (Lipinski definition) is 6. The van der Waals surface area contributed by atoms with E-state index in [1.165, 1.54) is 0 Å². The predicted molar refractivity (Wildman–Crippen MR) is 76.7 cm³/mol. The number of phenols is 3. The Bertz CT molecular complexity index is 832.